The Hall–Kier alpha value is -2.41. The van der Waals surface area contributed by atoms with Crippen molar-refractivity contribution in [2.75, 3.05) is 11.1 Å². The van der Waals surface area contributed by atoms with Crippen LogP contribution in [-0.4, -0.2) is 19.7 Å². The largest absolute Gasteiger partial charge is 0.366 e. The number of rotatable bonds is 3. The molecule has 6 nitrogen and oxygen atoms in total. The third-order valence-electron chi connectivity index (χ3n) is 2.70. The molecule has 0 bridgehead atoms. The highest BCUT2D eigenvalue weighted by Gasteiger charge is 2.12. The lowest BCUT2D eigenvalue weighted by atomic mass is 10.1. The Morgan fingerprint density at radius 3 is 2.60 bits per heavy atom. The van der Waals surface area contributed by atoms with Gasteiger partial charge in [0, 0.05) is 17.3 Å². The molecule has 0 saturated heterocycles. The normalized spacial score (nSPS) is 10.7. The first-order chi connectivity index (χ1) is 9.61. The molecule has 0 unspecified atom stereocenters. The molecule has 2 aromatic heterocycles. The molecule has 0 radical (unpaired) electrons. The molecule has 102 valence electrons. The molecule has 0 aliphatic carbocycles. The molecular formula is C13H14N6S. The third-order valence-corrected chi connectivity index (χ3v) is 3.45. The maximum atomic E-state index is 5.69. The minimum atomic E-state index is 0.215. The van der Waals surface area contributed by atoms with Gasteiger partial charge in [0.25, 0.3) is 0 Å². The molecule has 0 fully saturated rings. The van der Waals surface area contributed by atoms with E-state index in [0.29, 0.717) is 5.95 Å². The van der Waals surface area contributed by atoms with Gasteiger partial charge in [-0.3, -0.25) is 0 Å². The van der Waals surface area contributed by atoms with Gasteiger partial charge < -0.3 is 11.1 Å². The summed E-state index contributed by atoms with van der Waals surface area (Å²) in [6, 6.07) is 6.21. The van der Waals surface area contributed by atoms with E-state index in [9.17, 15) is 0 Å². The lowest BCUT2D eigenvalue weighted by Crippen LogP contribution is -2.03. The summed E-state index contributed by atoms with van der Waals surface area (Å²) in [6.45, 7) is 4.11. The number of benzene rings is 1. The zero-order valence-corrected chi connectivity index (χ0v) is 12.0. The lowest BCUT2D eigenvalue weighted by Gasteiger charge is -2.07. The molecule has 0 aliphatic heterocycles. The quantitative estimate of drug-likeness (QED) is 0.773. The van der Waals surface area contributed by atoms with E-state index in [0.717, 1.165) is 10.8 Å². The number of anilines is 3. The second kappa shape index (κ2) is 4.93. The Kier molecular flexibility index (Phi) is 3.11. The van der Waals surface area contributed by atoms with E-state index in [-0.39, 0.29) is 5.95 Å². The molecule has 0 aliphatic rings. The molecule has 0 amide bonds. The van der Waals surface area contributed by atoms with E-state index in [1.165, 1.54) is 22.5 Å². The van der Waals surface area contributed by atoms with Crippen molar-refractivity contribution < 1.29 is 0 Å². The molecule has 3 aromatic rings. The average molecular weight is 286 g/mol. The molecule has 0 spiro atoms. The summed E-state index contributed by atoms with van der Waals surface area (Å²) in [5.41, 5.74) is 9.01. The van der Waals surface area contributed by atoms with Crippen LogP contribution in [-0.2, 0) is 0 Å². The van der Waals surface area contributed by atoms with Crippen LogP contribution in [0.2, 0.25) is 0 Å². The van der Waals surface area contributed by atoms with Crippen molar-refractivity contribution >= 4 is 28.9 Å². The van der Waals surface area contributed by atoms with E-state index in [1.807, 2.05) is 17.5 Å². The second-order valence-electron chi connectivity index (χ2n) is 4.52. The van der Waals surface area contributed by atoms with Gasteiger partial charge in [0.2, 0.25) is 17.0 Å². The second-order valence-corrected chi connectivity index (χ2v) is 5.39. The monoisotopic (exact) mass is 286 g/mol. The summed E-state index contributed by atoms with van der Waals surface area (Å²) in [5.74, 6) is 0.773. The topological polar surface area (TPSA) is 81.6 Å². The van der Waals surface area contributed by atoms with Crippen molar-refractivity contribution in [1.29, 1.82) is 0 Å². The fraction of sp³-hybridized carbons (Fsp3) is 0.154. The number of nitrogens with two attached hydrogens (primary N) is 1. The predicted octanol–water partition coefficient (Wildman–Crippen LogP) is 2.67. The van der Waals surface area contributed by atoms with Crippen LogP contribution in [0.25, 0.3) is 5.13 Å². The fourth-order valence-corrected chi connectivity index (χ4v) is 2.63. The van der Waals surface area contributed by atoms with Gasteiger partial charge in [-0.15, -0.1) is 16.4 Å². The number of nitrogens with zero attached hydrogens (tertiary/aromatic N) is 4. The van der Waals surface area contributed by atoms with Crippen LogP contribution < -0.4 is 11.1 Å². The minimum absolute atomic E-state index is 0.215. The summed E-state index contributed by atoms with van der Waals surface area (Å²) in [5, 5.41) is 10.0. The van der Waals surface area contributed by atoms with Gasteiger partial charge in [-0.1, -0.05) is 6.07 Å². The van der Waals surface area contributed by atoms with E-state index in [2.05, 4.69) is 40.3 Å². The molecule has 20 heavy (non-hydrogen) atoms. The van der Waals surface area contributed by atoms with E-state index in [4.69, 9.17) is 5.73 Å². The number of nitrogens with one attached hydrogen (secondary N) is 1. The SMILES string of the molecule is Cc1cc(C)cc(Nc2nc(N)nn2-c2nccs2)c1. The summed E-state index contributed by atoms with van der Waals surface area (Å²) >= 11 is 1.47. The van der Waals surface area contributed by atoms with E-state index >= 15 is 0 Å². The summed E-state index contributed by atoms with van der Waals surface area (Å²) in [4.78, 5) is 8.43. The number of nitrogen functional groups attached to an aromatic ring is 1. The minimum Gasteiger partial charge on any atom is -0.366 e. The van der Waals surface area contributed by atoms with Crippen LogP contribution >= 0.6 is 11.3 Å². The predicted molar refractivity (Wildman–Crippen MR) is 80.6 cm³/mol. The molecule has 3 N–H and O–H groups in total. The highest BCUT2D eigenvalue weighted by Crippen LogP contribution is 2.22. The summed E-state index contributed by atoms with van der Waals surface area (Å²) in [7, 11) is 0. The number of hydrogen-bond donors (Lipinski definition) is 2. The van der Waals surface area contributed by atoms with Gasteiger partial charge in [-0.05, 0) is 37.1 Å². The van der Waals surface area contributed by atoms with Crippen LogP contribution in [0.5, 0.6) is 0 Å². The zero-order valence-electron chi connectivity index (χ0n) is 11.2. The molecule has 1 aromatic carbocycles. The molecule has 7 heteroatoms. The number of hydrogen-bond acceptors (Lipinski definition) is 6. The first-order valence-corrected chi connectivity index (χ1v) is 6.97. The van der Waals surface area contributed by atoms with E-state index < -0.39 is 0 Å². The molecule has 2 heterocycles. The average Bonchev–Trinajstić information content (AvgIpc) is 2.97. The van der Waals surface area contributed by atoms with Crippen LogP contribution in [0.4, 0.5) is 17.6 Å². The molecule has 3 rings (SSSR count). The van der Waals surface area contributed by atoms with Gasteiger partial charge in [-0.25, -0.2) is 4.98 Å². The third kappa shape index (κ3) is 2.48. The van der Waals surface area contributed by atoms with Gasteiger partial charge in [-0.2, -0.15) is 9.67 Å². The van der Waals surface area contributed by atoms with E-state index in [1.54, 1.807) is 10.9 Å². The van der Waals surface area contributed by atoms with Crippen LogP contribution in [0, 0.1) is 13.8 Å². The lowest BCUT2D eigenvalue weighted by molar-refractivity contribution is 0.880. The van der Waals surface area contributed by atoms with Gasteiger partial charge >= 0.3 is 0 Å². The highest BCUT2D eigenvalue weighted by molar-refractivity contribution is 7.12. The Labute approximate surface area is 120 Å². The maximum Gasteiger partial charge on any atom is 0.241 e. The van der Waals surface area contributed by atoms with Crippen molar-refractivity contribution in [3.05, 3.63) is 40.9 Å². The Morgan fingerprint density at radius 2 is 1.95 bits per heavy atom. The number of aryl methyl sites for hydroxylation is 2. The Bertz CT molecular complexity index is 711. The Balaban J connectivity index is 1.99. The summed E-state index contributed by atoms with van der Waals surface area (Å²) in [6.07, 6.45) is 1.72. The first kappa shape index (κ1) is 12.6. The molecular weight excluding hydrogens is 272 g/mol. The van der Waals surface area contributed by atoms with Crippen LogP contribution in [0.1, 0.15) is 11.1 Å². The van der Waals surface area contributed by atoms with Crippen molar-refractivity contribution in [2.45, 2.75) is 13.8 Å². The smallest absolute Gasteiger partial charge is 0.241 e. The van der Waals surface area contributed by atoms with Crippen LogP contribution in [0.15, 0.2) is 29.8 Å². The number of thiazole rings is 1. The van der Waals surface area contributed by atoms with Gasteiger partial charge in [0.1, 0.15) is 0 Å². The van der Waals surface area contributed by atoms with Crippen molar-refractivity contribution in [1.82, 2.24) is 19.7 Å². The van der Waals surface area contributed by atoms with Crippen molar-refractivity contribution in [3.63, 3.8) is 0 Å². The highest BCUT2D eigenvalue weighted by atomic mass is 32.1. The van der Waals surface area contributed by atoms with Crippen molar-refractivity contribution in [3.8, 4) is 5.13 Å². The first-order valence-electron chi connectivity index (χ1n) is 6.09. The zero-order chi connectivity index (χ0) is 14.1. The van der Waals surface area contributed by atoms with Gasteiger partial charge in [0.15, 0.2) is 0 Å². The van der Waals surface area contributed by atoms with Crippen molar-refractivity contribution in [2.24, 2.45) is 0 Å². The standard InChI is InChI=1S/C13H14N6S/c1-8-5-9(2)7-10(6-8)16-12-17-11(14)18-19(12)13-15-3-4-20-13/h3-7H,1-2H3,(H3,14,16,17,18). The fourth-order valence-electron chi connectivity index (χ4n) is 2.04. The number of aromatic nitrogens is 4. The van der Waals surface area contributed by atoms with Crippen LogP contribution in [0.3, 0.4) is 0 Å². The molecule has 0 saturated carbocycles. The van der Waals surface area contributed by atoms with Gasteiger partial charge in [0.05, 0.1) is 0 Å². The Morgan fingerprint density at radius 1 is 1.20 bits per heavy atom. The maximum absolute atomic E-state index is 5.69. The summed E-state index contributed by atoms with van der Waals surface area (Å²) < 4.78 is 1.61. The molecule has 0 atom stereocenters.